The third-order valence-corrected chi connectivity index (χ3v) is 6.91. The molecule has 0 radical (unpaired) electrons. The van der Waals surface area contributed by atoms with Gasteiger partial charge in [-0.2, -0.15) is 0 Å². The van der Waals surface area contributed by atoms with E-state index in [4.69, 9.17) is 16.3 Å². The number of pyridine rings is 1. The third kappa shape index (κ3) is 5.25. The first-order chi connectivity index (χ1) is 15.0. The van der Waals surface area contributed by atoms with Gasteiger partial charge in [-0.3, -0.25) is 20.4 Å². The predicted octanol–water partition coefficient (Wildman–Crippen LogP) is 2.01. The Kier molecular flexibility index (Phi) is 6.89. The molecule has 4 rings (SSSR count). The lowest BCUT2D eigenvalue weighted by Crippen LogP contribution is -2.47. The van der Waals surface area contributed by atoms with E-state index in [2.05, 4.69) is 30.6 Å². The molecule has 2 aliphatic rings. The molecule has 2 fully saturated rings. The molecule has 2 amide bonds. The highest BCUT2D eigenvalue weighted by molar-refractivity contribution is 7.17. The van der Waals surface area contributed by atoms with E-state index in [9.17, 15) is 9.59 Å². The summed E-state index contributed by atoms with van der Waals surface area (Å²) in [6.07, 6.45) is 3.00. The van der Waals surface area contributed by atoms with E-state index in [1.165, 1.54) is 11.3 Å². The zero-order valence-electron chi connectivity index (χ0n) is 17.3. The number of hydrogen-bond acceptors (Lipinski definition) is 8. The highest BCUT2D eigenvalue weighted by Gasteiger charge is 2.27. The molecule has 0 spiro atoms. The summed E-state index contributed by atoms with van der Waals surface area (Å²) in [7, 11) is 0. The number of nitrogens with zero attached hydrogens (tertiary/aromatic N) is 4. The molecule has 9 nitrogen and oxygen atoms in total. The number of anilines is 2. The molecule has 166 valence electrons. The van der Waals surface area contributed by atoms with Gasteiger partial charge in [0.25, 0.3) is 5.91 Å². The minimum absolute atomic E-state index is 0.157. The molecule has 31 heavy (non-hydrogen) atoms. The zero-order chi connectivity index (χ0) is 21.8. The van der Waals surface area contributed by atoms with E-state index in [1.54, 1.807) is 13.1 Å². The van der Waals surface area contributed by atoms with Crippen molar-refractivity contribution in [3.05, 3.63) is 33.9 Å². The minimum atomic E-state index is -0.342. The van der Waals surface area contributed by atoms with Gasteiger partial charge in [0, 0.05) is 38.3 Å². The smallest absolute Gasteiger partial charge is 0.281 e. The number of nitrogens with one attached hydrogen (secondary N) is 2. The van der Waals surface area contributed by atoms with Gasteiger partial charge in [-0.25, -0.2) is 9.97 Å². The highest BCUT2D eigenvalue weighted by atomic mass is 35.5. The van der Waals surface area contributed by atoms with Crippen LogP contribution in [0, 0.1) is 12.8 Å². The summed E-state index contributed by atoms with van der Waals surface area (Å²) in [4.78, 5) is 38.7. The molecule has 11 heteroatoms. The number of ether oxygens (including phenoxy) is 1. The molecular weight excluding hydrogens is 440 g/mol. The Morgan fingerprint density at radius 2 is 1.87 bits per heavy atom. The number of amides is 2. The molecule has 0 bridgehead atoms. The van der Waals surface area contributed by atoms with Gasteiger partial charge in [-0.05, 0) is 31.9 Å². The van der Waals surface area contributed by atoms with Crippen molar-refractivity contribution in [3.8, 4) is 0 Å². The van der Waals surface area contributed by atoms with E-state index in [-0.39, 0.29) is 17.7 Å². The molecule has 2 aromatic rings. The minimum Gasteiger partial charge on any atom is -0.378 e. The number of morpholine rings is 1. The van der Waals surface area contributed by atoms with Crippen molar-refractivity contribution in [3.63, 3.8) is 0 Å². The number of hydrazine groups is 1. The molecule has 2 aromatic heterocycles. The molecule has 2 saturated heterocycles. The van der Waals surface area contributed by atoms with Crippen molar-refractivity contribution >= 4 is 45.7 Å². The fourth-order valence-corrected chi connectivity index (χ4v) is 4.81. The number of aromatic nitrogens is 2. The second-order valence-corrected chi connectivity index (χ2v) is 8.96. The molecule has 0 aliphatic carbocycles. The van der Waals surface area contributed by atoms with E-state index < -0.39 is 0 Å². The molecule has 2 aliphatic heterocycles. The van der Waals surface area contributed by atoms with Crippen LogP contribution in [0.2, 0.25) is 5.02 Å². The van der Waals surface area contributed by atoms with E-state index in [0.29, 0.717) is 41.6 Å². The average Bonchev–Trinajstić information content (AvgIpc) is 3.20. The number of carbonyl (C=O) groups excluding carboxylic acids is 2. The van der Waals surface area contributed by atoms with Crippen LogP contribution in [0.4, 0.5) is 10.9 Å². The van der Waals surface area contributed by atoms with Crippen LogP contribution in [-0.4, -0.2) is 61.2 Å². The number of carbonyl (C=O) groups is 2. The van der Waals surface area contributed by atoms with Crippen molar-refractivity contribution in [2.75, 3.05) is 49.2 Å². The first kappa shape index (κ1) is 21.8. The van der Waals surface area contributed by atoms with Crippen LogP contribution in [0.1, 0.15) is 28.2 Å². The van der Waals surface area contributed by atoms with Gasteiger partial charge in [-0.1, -0.05) is 22.9 Å². The summed E-state index contributed by atoms with van der Waals surface area (Å²) < 4.78 is 5.36. The van der Waals surface area contributed by atoms with Crippen LogP contribution >= 0.6 is 22.9 Å². The van der Waals surface area contributed by atoms with Gasteiger partial charge in [0.15, 0.2) is 5.13 Å². The maximum Gasteiger partial charge on any atom is 0.281 e. The number of hydrogen-bond donors (Lipinski definition) is 2. The van der Waals surface area contributed by atoms with Gasteiger partial charge in [0.05, 0.1) is 23.9 Å². The van der Waals surface area contributed by atoms with Gasteiger partial charge in [0.1, 0.15) is 10.7 Å². The van der Waals surface area contributed by atoms with E-state index in [0.717, 1.165) is 37.1 Å². The summed E-state index contributed by atoms with van der Waals surface area (Å²) in [5.74, 6) is 0.182. The molecule has 0 saturated carbocycles. The summed E-state index contributed by atoms with van der Waals surface area (Å²) >= 11 is 7.22. The van der Waals surface area contributed by atoms with Crippen LogP contribution in [0.5, 0.6) is 0 Å². The second-order valence-electron chi connectivity index (χ2n) is 7.55. The van der Waals surface area contributed by atoms with Gasteiger partial charge >= 0.3 is 0 Å². The summed E-state index contributed by atoms with van der Waals surface area (Å²) in [6, 6.07) is 3.69. The Hall–Kier alpha value is -2.43. The first-order valence-corrected chi connectivity index (χ1v) is 11.5. The Bertz CT molecular complexity index is 923. The molecule has 0 atom stereocenters. The molecule has 2 N–H and O–H groups in total. The van der Waals surface area contributed by atoms with Crippen LogP contribution < -0.4 is 20.7 Å². The number of piperidine rings is 1. The predicted molar refractivity (Wildman–Crippen MR) is 120 cm³/mol. The number of aryl methyl sites for hydroxylation is 1. The highest BCUT2D eigenvalue weighted by Crippen LogP contribution is 2.27. The van der Waals surface area contributed by atoms with Crippen molar-refractivity contribution < 1.29 is 14.3 Å². The Labute approximate surface area is 189 Å². The van der Waals surface area contributed by atoms with Crippen molar-refractivity contribution in [1.29, 1.82) is 0 Å². The average molecular weight is 465 g/mol. The van der Waals surface area contributed by atoms with Crippen LogP contribution in [0.15, 0.2) is 18.3 Å². The van der Waals surface area contributed by atoms with E-state index in [1.807, 2.05) is 12.1 Å². The summed E-state index contributed by atoms with van der Waals surface area (Å²) in [5, 5.41) is 1.41. The lowest BCUT2D eigenvalue weighted by atomic mass is 9.96. The lowest BCUT2D eigenvalue weighted by Gasteiger charge is -2.32. The Morgan fingerprint density at radius 1 is 1.13 bits per heavy atom. The van der Waals surface area contributed by atoms with Crippen LogP contribution in [0.3, 0.4) is 0 Å². The fourth-order valence-electron chi connectivity index (χ4n) is 3.69. The normalized spacial score (nSPS) is 17.5. The SMILES string of the molecule is Cc1nc(N2CCOCC2)sc1C(=O)NNC(=O)C1CCN(c2ccc(Cl)cn2)CC1. The number of thiazole rings is 1. The van der Waals surface area contributed by atoms with Gasteiger partial charge in [0.2, 0.25) is 5.91 Å². The summed E-state index contributed by atoms with van der Waals surface area (Å²) in [6.45, 7) is 6.07. The molecule has 0 aromatic carbocycles. The van der Waals surface area contributed by atoms with Crippen molar-refractivity contribution in [2.24, 2.45) is 5.92 Å². The molecular formula is C20H25ClN6O3S. The monoisotopic (exact) mass is 464 g/mol. The third-order valence-electron chi connectivity index (χ3n) is 5.47. The largest absolute Gasteiger partial charge is 0.378 e. The molecule has 0 unspecified atom stereocenters. The van der Waals surface area contributed by atoms with Crippen molar-refractivity contribution in [1.82, 2.24) is 20.8 Å². The molecule has 4 heterocycles. The fraction of sp³-hybridized carbons (Fsp3) is 0.500. The van der Waals surface area contributed by atoms with Crippen LogP contribution in [0.25, 0.3) is 0 Å². The Morgan fingerprint density at radius 3 is 2.55 bits per heavy atom. The van der Waals surface area contributed by atoms with Gasteiger partial charge < -0.3 is 14.5 Å². The standard InChI is InChI=1S/C20H25ClN6O3S/c1-13-17(31-20(23-13)27-8-10-30-11-9-27)19(29)25-24-18(28)14-4-6-26(7-5-14)16-3-2-15(21)12-22-16/h2-3,12,14H,4-11H2,1H3,(H,24,28)(H,25,29). The van der Waals surface area contributed by atoms with Gasteiger partial charge in [-0.15, -0.1) is 0 Å². The second kappa shape index (κ2) is 9.80. The maximum absolute atomic E-state index is 12.6. The van der Waals surface area contributed by atoms with Crippen molar-refractivity contribution in [2.45, 2.75) is 19.8 Å². The summed E-state index contributed by atoms with van der Waals surface area (Å²) in [5.41, 5.74) is 5.79. The first-order valence-electron chi connectivity index (χ1n) is 10.3. The van der Waals surface area contributed by atoms with Crippen LogP contribution in [-0.2, 0) is 9.53 Å². The van der Waals surface area contributed by atoms with E-state index >= 15 is 0 Å². The number of rotatable bonds is 4. The quantitative estimate of drug-likeness (QED) is 0.667. The maximum atomic E-state index is 12.6. The lowest BCUT2D eigenvalue weighted by molar-refractivity contribution is -0.126. The number of halogens is 1. The topological polar surface area (TPSA) is 99.7 Å². The Balaban J connectivity index is 1.26. The zero-order valence-corrected chi connectivity index (χ0v) is 18.8.